The predicted molar refractivity (Wildman–Crippen MR) is 148 cm³/mol. The van der Waals surface area contributed by atoms with E-state index in [-0.39, 0.29) is 18.0 Å². The second kappa shape index (κ2) is 22.2. The van der Waals surface area contributed by atoms with Gasteiger partial charge in [0.05, 0.1) is 5.92 Å². The first-order chi connectivity index (χ1) is 16.7. The van der Waals surface area contributed by atoms with E-state index in [1.165, 1.54) is 89.9 Å². The van der Waals surface area contributed by atoms with Gasteiger partial charge in [-0.25, -0.2) is 0 Å². The number of hydrogen-bond donors (Lipinski definition) is 0. The molecule has 1 rings (SSSR count). The molecule has 0 heterocycles. The number of hydrogen-bond acceptors (Lipinski definition) is 2. The lowest BCUT2D eigenvalue weighted by Gasteiger charge is -2.22. The molecule has 1 aromatic carbocycles. The van der Waals surface area contributed by atoms with Crippen LogP contribution in [0.25, 0.3) is 0 Å². The zero-order chi connectivity index (χ0) is 24.7. The van der Waals surface area contributed by atoms with Gasteiger partial charge in [0.1, 0.15) is 6.10 Å². The van der Waals surface area contributed by atoms with Crippen LogP contribution in [0.5, 0.6) is 0 Å². The molecule has 0 N–H and O–H groups in total. The largest absolute Gasteiger partial charge is 0.457 e. The van der Waals surface area contributed by atoms with Gasteiger partial charge in [0.2, 0.25) is 0 Å². The highest BCUT2D eigenvalue weighted by Gasteiger charge is 2.23. The number of rotatable bonds is 23. The summed E-state index contributed by atoms with van der Waals surface area (Å²) in [5.74, 6) is 0.122. The van der Waals surface area contributed by atoms with E-state index >= 15 is 0 Å². The molecule has 2 heteroatoms. The van der Waals surface area contributed by atoms with Gasteiger partial charge in [-0.2, -0.15) is 0 Å². The third-order valence-electron chi connectivity index (χ3n) is 7.13. The summed E-state index contributed by atoms with van der Waals surface area (Å²) in [5.41, 5.74) is 1.13. The molecule has 34 heavy (non-hydrogen) atoms. The molecule has 0 aliphatic heterocycles. The Morgan fingerprint density at radius 3 is 1.47 bits per heavy atom. The fraction of sp³-hybridized carbons (Fsp3) is 0.781. The molecule has 0 aliphatic carbocycles. The fourth-order valence-corrected chi connectivity index (χ4v) is 4.89. The molecule has 2 nitrogen and oxygen atoms in total. The molecule has 1 atom stereocenters. The first-order valence-corrected chi connectivity index (χ1v) is 15.0. The van der Waals surface area contributed by atoms with E-state index in [0.717, 1.165) is 44.1 Å². The van der Waals surface area contributed by atoms with E-state index in [4.69, 9.17) is 4.74 Å². The van der Waals surface area contributed by atoms with Crippen molar-refractivity contribution in [3.05, 3.63) is 35.9 Å². The van der Waals surface area contributed by atoms with Crippen LogP contribution in [0.2, 0.25) is 0 Å². The molecule has 196 valence electrons. The van der Waals surface area contributed by atoms with Crippen molar-refractivity contribution < 1.29 is 9.53 Å². The first-order valence-electron chi connectivity index (χ1n) is 15.0. The van der Waals surface area contributed by atoms with Gasteiger partial charge >= 0.3 is 5.97 Å². The third-order valence-corrected chi connectivity index (χ3v) is 7.13. The van der Waals surface area contributed by atoms with E-state index in [9.17, 15) is 4.79 Å². The second-order valence-corrected chi connectivity index (χ2v) is 10.3. The van der Waals surface area contributed by atoms with Crippen molar-refractivity contribution in [3.63, 3.8) is 0 Å². The highest BCUT2D eigenvalue weighted by atomic mass is 16.5. The van der Waals surface area contributed by atoms with Gasteiger partial charge in [0, 0.05) is 0 Å². The molecule has 0 aromatic heterocycles. The Hall–Kier alpha value is -1.31. The molecule has 0 fully saturated rings. The van der Waals surface area contributed by atoms with Crippen molar-refractivity contribution in [2.75, 3.05) is 0 Å². The lowest BCUT2D eigenvalue weighted by molar-refractivity contribution is -0.155. The van der Waals surface area contributed by atoms with E-state index in [2.05, 4.69) is 32.9 Å². The summed E-state index contributed by atoms with van der Waals surface area (Å²) in [6.07, 6.45) is 24.8. The molecule has 0 bridgehead atoms. The summed E-state index contributed by atoms with van der Waals surface area (Å²) in [5, 5.41) is 0. The average molecular weight is 473 g/mol. The smallest absolute Gasteiger partial charge is 0.309 e. The molecule has 0 spiro atoms. The van der Waals surface area contributed by atoms with E-state index in [1.807, 2.05) is 18.2 Å². The number of unbranched alkanes of at least 4 members (excludes halogenated alkanes) is 14. The van der Waals surface area contributed by atoms with Crippen molar-refractivity contribution in [1.82, 2.24) is 0 Å². The summed E-state index contributed by atoms with van der Waals surface area (Å²) >= 11 is 0. The van der Waals surface area contributed by atoms with Gasteiger partial charge in [0.25, 0.3) is 0 Å². The molecule has 0 saturated heterocycles. The van der Waals surface area contributed by atoms with Gasteiger partial charge in [-0.05, 0) is 24.8 Å². The van der Waals surface area contributed by atoms with Gasteiger partial charge in [-0.3, -0.25) is 4.79 Å². The van der Waals surface area contributed by atoms with Crippen LogP contribution in [0.4, 0.5) is 0 Å². The molecule has 0 saturated carbocycles. The van der Waals surface area contributed by atoms with Gasteiger partial charge < -0.3 is 4.74 Å². The SMILES string of the molecule is CCCCCCCCCCC(CCCCCCCCCC)C(=O)OC(CCC)c1ccccc1. The van der Waals surface area contributed by atoms with Gasteiger partial charge in [0.15, 0.2) is 0 Å². The quantitative estimate of drug-likeness (QED) is 0.117. The number of carbonyl (C=O) groups excluding carboxylic acids is 1. The topological polar surface area (TPSA) is 26.3 Å². The normalized spacial score (nSPS) is 12.2. The van der Waals surface area contributed by atoms with Crippen LogP contribution in [-0.2, 0) is 9.53 Å². The molecular weight excluding hydrogens is 416 g/mol. The standard InChI is InChI=1S/C32H56O2/c1-4-7-9-11-13-15-17-20-27-30(28-21-18-16-14-12-10-8-5-2)32(33)34-31(24-6-3)29-25-22-19-23-26-29/h19,22-23,25-26,30-31H,4-18,20-21,24,27-28H2,1-3H3. The monoisotopic (exact) mass is 472 g/mol. The van der Waals surface area contributed by atoms with Crippen LogP contribution in [0, 0.1) is 5.92 Å². The van der Waals surface area contributed by atoms with Crippen molar-refractivity contribution >= 4 is 5.97 Å². The van der Waals surface area contributed by atoms with Crippen LogP contribution in [0.1, 0.15) is 161 Å². The molecule has 0 aliphatic rings. The number of carbonyl (C=O) groups is 1. The minimum atomic E-state index is -0.0988. The maximum Gasteiger partial charge on any atom is 0.309 e. The molecular formula is C32H56O2. The van der Waals surface area contributed by atoms with Crippen molar-refractivity contribution in [3.8, 4) is 0 Å². The summed E-state index contributed by atoms with van der Waals surface area (Å²) in [6, 6.07) is 10.3. The predicted octanol–water partition coefficient (Wildman–Crippen LogP) is 10.7. The Kier molecular flexibility index (Phi) is 20.0. The summed E-state index contributed by atoms with van der Waals surface area (Å²) in [7, 11) is 0. The van der Waals surface area contributed by atoms with Crippen molar-refractivity contribution in [2.45, 2.75) is 155 Å². The van der Waals surface area contributed by atoms with Crippen LogP contribution in [-0.4, -0.2) is 5.97 Å². The maximum absolute atomic E-state index is 13.3. The van der Waals surface area contributed by atoms with Crippen LogP contribution >= 0.6 is 0 Å². The average Bonchev–Trinajstić information content (AvgIpc) is 2.86. The molecule has 1 unspecified atom stereocenters. The van der Waals surface area contributed by atoms with Crippen LogP contribution < -0.4 is 0 Å². The Labute approximate surface area is 212 Å². The molecule has 0 amide bonds. The highest BCUT2D eigenvalue weighted by Crippen LogP contribution is 2.27. The van der Waals surface area contributed by atoms with Crippen LogP contribution in [0.3, 0.4) is 0 Å². The zero-order valence-corrected chi connectivity index (χ0v) is 23.0. The zero-order valence-electron chi connectivity index (χ0n) is 23.0. The third kappa shape index (κ3) is 15.6. The summed E-state index contributed by atoms with van der Waals surface area (Å²) in [4.78, 5) is 13.3. The first kappa shape index (κ1) is 30.7. The number of esters is 1. The Morgan fingerprint density at radius 2 is 1.03 bits per heavy atom. The summed E-state index contributed by atoms with van der Waals surface area (Å²) < 4.78 is 6.15. The van der Waals surface area contributed by atoms with Gasteiger partial charge in [-0.15, -0.1) is 0 Å². The lowest BCUT2D eigenvalue weighted by atomic mass is 9.93. The van der Waals surface area contributed by atoms with E-state index < -0.39 is 0 Å². The second-order valence-electron chi connectivity index (χ2n) is 10.3. The maximum atomic E-state index is 13.3. The van der Waals surface area contributed by atoms with Crippen LogP contribution in [0.15, 0.2) is 30.3 Å². The lowest BCUT2D eigenvalue weighted by Crippen LogP contribution is -2.21. The van der Waals surface area contributed by atoms with Crippen molar-refractivity contribution in [2.24, 2.45) is 5.92 Å². The minimum Gasteiger partial charge on any atom is -0.457 e. The number of benzene rings is 1. The Balaban J connectivity index is 2.49. The Morgan fingerprint density at radius 1 is 0.588 bits per heavy atom. The fourth-order valence-electron chi connectivity index (χ4n) is 4.89. The molecule has 1 aromatic rings. The van der Waals surface area contributed by atoms with E-state index in [1.54, 1.807) is 0 Å². The minimum absolute atomic E-state index is 0.0493. The highest BCUT2D eigenvalue weighted by molar-refractivity contribution is 5.72. The molecule has 0 radical (unpaired) electrons. The van der Waals surface area contributed by atoms with Gasteiger partial charge in [-0.1, -0.05) is 160 Å². The number of ether oxygens (including phenoxy) is 1. The summed E-state index contributed by atoms with van der Waals surface area (Å²) in [6.45, 7) is 6.71. The van der Waals surface area contributed by atoms with Crippen molar-refractivity contribution in [1.29, 1.82) is 0 Å². The van der Waals surface area contributed by atoms with E-state index in [0.29, 0.717) is 0 Å². The Bertz CT molecular complexity index is 548.